The first-order chi connectivity index (χ1) is 26.8. The molecule has 1 saturated carbocycles. The second kappa shape index (κ2) is 16.7. The summed E-state index contributed by atoms with van der Waals surface area (Å²) in [7, 11) is 1.59. The van der Waals surface area contributed by atoms with Gasteiger partial charge >= 0.3 is 0 Å². The second-order valence-electron chi connectivity index (χ2n) is 13.2. The number of aromatic nitrogens is 4. The van der Waals surface area contributed by atoms with E-state index in [1.807, 2.05) is 66.7 Å². The molecule has 2 fully saturated rings. The van der Waals surface area contributed by atoms with Gasteiger partial charge in [0.2, 0.25) is 23.7 Å². The van der Waals surface area contributed by atoms with E-state index in [2.05, 4.69) is 30.6 Å². The third-order valence-corrected chi connectivity index (χ3v) is 9.20. The van der Waals surface area contributed by atoms with Crippen LogP contribution in [0.5, 0.6) is 11.8 Å². The fourth-order valence-electron chi connectivity index (χ4n) is 6.17. The number of halogens is 1. The zero-order valence-electron chi connectivity index (χ0n) is 30.3. The quantitative estimate of drug-likeness (QED) is 0.123. The molecule has 1 saturated heterocycles. The smallest absolute Gasteiger partial charge is 0.251 e. The van der Waals surface area contributed by atoms with E-state index in [0.717, 1.165) is 65.4 Å². The highest BCUT2D eigenvalue weighted by Crippen LogP contribution is 2.31. The molecule has 2 amide bonds. The van der Waals surface area contributed by atoms with Crippen molar-refractivity contribution in [3.05, 3.63) is 96.1 Å². The molecule has 14 heteroatoms. The molecule has 282 valence electrons. The van der Waals surface area contributed by atoms with Gasteiger partial charge in [0.25, 0.3) is 11.8 Å². The zero-order chi connectivity index (χ0) is 38.3. The number of carbonyl (C=O) groups is 2. The summed E-state index contributed by atoms with van der Waals surface area (Å²) < 4.78 is 29.4. The van der Waals surface area contributed by atoms with Crippen LogP contribution in [-0.4, -0.2) is 77.4 Å². The zero-order valence-corrected chi connectivity index (χ0v) is 30.3. The summed E-state index contributed by atoms with van der Waals surface area (Å²) in [4.78, 5) is 40.7. The SMILES string of the molecule is CNC(=O)c1ccc(-c2ccc3nc(N)nc(OCCF)c3c2)cc1.Nc1nc(OC[C@@H]2CCCO2)c2cc(-c3ccc(C(=O)NC4CC4)cc3)ccc2n1. The Bertz CT molecular complexity index is 2310. The minimum atomic E-state index is -0.619. The lowest BCUT2D eigenvalue weighted by atomic mass is 10.0. The van der Waals surface area contributed by atoms with Gasteiger partial charge in [0.1, 0.15) is 19.9 Å². The predicted molar refractivity (Wildman–Crippen MR) is 209 cm³/mol. The average Bonchev–Trinajstić information content (AvgIpc) is 3.87. The molecule has 8 rings (SSSR count). The van der Waals surface area contributed by atoms with Crippen molar-refractivity contribution >= 4 is 45.5 Å². The highest BCUT2D eigenvalue weighted by atomic mass is 19.1. The number of nitrogens with zero attached hydrogens (tertiary/aromatic N) is 4. The van der Waals surface area contributed by atoms with E-state index in [9.17, 15) is 14.0 Å². The van der Waals surface area contributed by atoms with Crippen LogP contribution >= 0.6 is 0 Å². The first-order valence-electron chi connectivity index (χ1n) is 18.1. The van der Waals surface area contributed by atoms with Gasteiger partial charge in [0, 0.05) is 30.8 Å². The van der Waals surface area contributed by atoms with E-state index in [1.165, 1.54) is 0 Å². The number of nitrogens with one attached hydrogen (secondary N) is 2. The summed E-state index contributed by atoms with van der Waals surface area (Å²) >= 11 is 0. The summed E-state index contributed by atoms with van der Waals surface area (Å²) in [5.74, 6) is 0.819. The Kier molecular flexibility index (Phi) is 11.2. The van der Waals surface area contributed by atoms with Crippen molar-refractivity contribution in [1.29, 1.82) is 0 Å². The molecule has 1 aliphatic heterocycles. The van der Waals surface area contributed by atoms with Gasteiger partial charge in [-0.2, -0.15) is 9.97 Å². The molecule has 0 unspecified atom stereocenters. The Morgan fingerprint density at radius 2 is 1.25 bits per heavy atom. The Morgan fingerprint density at radius 3 is 1.75 bits per heavy atom. The Balaban J connectivity index is 0.000000172. The molecular weight excluding hydrogens is 703 g/mol. The van der Waals surface area contributed by atoms with Gasteiger partial charge in [-0.3, -0.25) is 9.59 Å². The fraction of sp³-hybridized carbons (Fsp3) is 0.268. The Hall–Kier alpha value is -6.41. The molecule has 4 aromatic carbocycles. The van der Waals surface area contributed by atoms with E-state index >= 15 is 0 Å². The maximum absolute atomic E-state index is 12.4. The fourth-order valence-corrected chi connectivity index (χ4v) is 6.17. The van der Waals surface area contributed by atoms with Crippen molar-refractivity contribution < 1.29 is 28.2 Å². The molecule has 1 aliphatic carbocycles. The number of benzene rings is 4. The number of rotatable bonds is 11. The van der Waals surface area contributed by atoms with Gasteiger partial charge in [-0.25, -0.2) is 14.4 Å². The number of anilines is 2. The van der Waals surface area contributed by atoms with Crippen LogP contribution in [0.3, 0.4) is 0 Å². The van der Waals surface area contributed by atoms with Crippen LogP contribution in [0.2, 0.25) is 0 Å². The van der Waals surface area contributed by atoms with Crippen molar-refractivity contribution in [3.8, 4) is 34.0 Å². The second-order valence-corrected chi connectivity index (χ2v) is 13.2. The summed E-state index contributed by atoms with van der Waals surface area (Å²) in [6.07, 6.45) is 4.29. The molecule has 2 aromatic heterocycles. The van der Waals surface area contributed by atoms with Crippen LogP contribution in [0.4, 0.5) is 16.3 Å². The lowest BCUT2D eigenvalue weighted by molar-refractivity contribution is 0.0669. The average molecular weight is 745 g/mol. The molecule has 13 nitrogen and oxygen atoms in total. The molecule has 55 heavy (non-hydrogen) atoms. The number of amides is 2. The number of ether oxygens (including phenoxy) is 3. The van der Waals surface area contributed by atoms with Crippen LogP contribution in [0.15, 0.2) is 84.9 Å². The number of fused-ring (bicyclic) bond motifs is 2. The van der Waals surface area contributed by atoms with Crippen molar-refractivity contribution in [1.82, 2.24) is 30.6 Å². The van der Waals surface area contributed by atoms with Crippen LogP contribution < -0.4 is 31.6 Å². The van der Waals surface area contributed by atoms with Gasteiger partial charge in [-0.05, 0) is 96.5 Å². The van der Waals surface area contributed by atoms with Crippen LogP contribution in [0, 0.1) is 0 Å². The van der Waals surface area contributed by atoms with Crippen LogP contribution in [0.1, 0.15) is 46.4 Å². The first-order valence-corrected chi connectivity index (χ1v) is 18.1. The van der Waals surface area contributed by atoms with Crippen molar-refractivity contribution in [2.75, 3.05) is 45.0 Å². The molecule has 1 atom stereocenters. The molecule has 0 radical (unpaired) electrons. The van der Waals surface area contributed by atoms with Gasteiger partial charge in [0.05, 0.1) is 27.9 Å². The van der Waals surface area contributed by atoms with E-state index < -0.39 is 6.67 Å². The number of hydrogen-bond donors (Lipinski definition) is 4. The van der Waals surface area contributed by atoms with E-state index in [-0.39, 0.29) is 42.3 Å². The maximum atomic E-state index is 12.4. The van der Waals surface area contributed by atoms with Crippen molar-refractivity contribution in [2.45, 2.75) is 37.8 Å². The minimum absolute atomic E-state index is 0.0174. The third kappa shape index (κ3) is 9.04. The summed E-state index contributed by atoms with van der Waals surface area (Å²) in [6, 6.07) is 26.6. The number of carbonyl (C=O) groups excluding carboxylic acids is 2. The highest BCUT2D eigenvalue weighted by Gasteiger charge is 2.24. The Morgan fingerprint density at radius 1 is 0.727 bits per heavy atom. The minimum Gasteiger partial charge on any atom is -0.474 e. The van der Waals surface area contributed by atoms with Gasteiger partial charge < -0.3 is 36.3 Å². The summed E-state index contributed by atoms with van der Waals surface area (Å²) in [5.41, 5.74) is 17.9. The van der Waals surface area contributed by atoms with Gasteiger partial charge in [-0.15, -0.1) is 0 Å². The molecule has 0 bridgehead atoms. The van der Waals surface area contributed by atoms with Crippen molar-refractivity contribution in [2.24, 2.45) is 0 Å². The summed E-state index contributed by atoms with van der Waals surface area (Å²) in [5, 5.41) is 7.04. The van der Waals surface area contributed by atoms with Crippen molar-refractivity contribution in [3.63, 3.8) is 0 Å². The highest BCUT2D eigenvalue weighted by molar-refractivity contribution is 5.96. The molecule has 6 N–H and O–H groups in total. The molecule has 3 heterocycles. The number of nitrogens with two attached hydrogens (primary N) is 2. The lowest BCUT2D eigenvalue weighted by Gasteiger charge is -2.13. The summed E-state index contributed by atoms with van der Waals surface area (Å²) in [6.45, 7) is 0.503. The maximum Gasteiger partial charge on any atom is 0.251 e. The molecule has 6 aromatic rings. The predicted octanol–water partition coefficient (Wildman–Crippen LogP) is 5.92. The molecular formula is C41H41FN8O5. The number of hydrogen-bond acceptors (Lipinski definition) is 11. The number of alkyl halides is 1. The van der Waals surface area contributed by atoms with E-state index in [4.69, 9.17) is 25.7 Å². The third-order valence-electron chi connectivity index (χ3n) is 9.20. The van der Waals surface area contributed by atoms with E-state index in [0.29, 0.717) is 40.6 Å². The lowest BCUT2D eigenvalue weighted by Crippen LogP contribution is -2.25. The number of nitrogen functional groups attached to an aromatic ring is 2. The monoisotopic (exact) mass is 744 g/mol. The molecule has 2 aliphatic rings. The molecule has 0 spiro atoms. The Labute approximate surface area is 316 Å². The topological polar surface area (TPSA) is 189 Å². The van der Waals surface area contributed by atoms with E-state index in [1.54, 1.807) is 25.2 Å². The first kappa shape index (κ1) is 36.9. The van der Waals surface area contributed by atoms with Gasteiger partial charge in [0.15, 0.2) is 0 Å². The largest absolute Gasteiger partial charge is 0.474 e. The van der Waals surface area contributed by atoms with Crippen LogP contribution in [0.25, 0.3) is 44.1 Å². The standard InChI is InChI=1S/C23H24N4O3.C18H17FN4O2/c24-23-26-20-10-7-16(12-19(20)22(27-23)30-13-18-2-1-11-29-18)14-3-5-15(6-4-14)21(28)25-17-8-9-17;1-21-16(24)12-4-2-11(3-5-12)13-6-7-15-14(10-13)17(25-9-8-19)23-18(20)22-15/h3-7,10,12,17-18H,1-2,8-9,11,13H2,(H,25,28)(H2,24,26,27);2-7,10H,8-9H2,1H3,(H,21,24)(H2,20,22,23)/t18-;/m0./s1. The van der Waals surface area contributed by atoms with Crippen LogP contribution in [-0.2, 0) is 4.74 Å². The normalized spacial score (nSPS) is 14.9. The van der Waals surface area contributed by atoms with Gasteiger partial charge in [-0.1, -0.05) is 36.4 Å².